The molecule has 1 heterocycles. The molecule has 3 amide bonds. The summed E-state index contributed by atoms with van der Waals surface area (Å²) in [6.07, 6.45) is 9.55. The summed E-state index contributed by atoms with van der Waals surface area (Å²) in [6, 6.07) is 5.04. The molecule has 0 unspecified atom stereocenters. The van der Waals surface area contributed by atoms with Gasteiger partial charge in [0.2, 0.25) is 0 Å². The Labute approximate surface area is 281 Å². The first-order chi connectivity index (χ1) is 23.2. The van der Waals surface area contributed by atoms with Gasteiger partial charge in [-0.25, -0.2) is 9.59 Å². The standard InChI is InChI=1S/C33H50N6O9/c1-47-22-23-48-21-19-34-31(43)26-16-14-25(15-17-26)29(40)12-6-4-2-3-5-10-27-24-39(38-37-27)20-8-7-11-28(32(44)45)36-33(46)35-18-9-13-30(41)42/h14-17,24,28H,2-13,18-23H2,1H3,(H,34,43)(H,41,42)(H,44,45)(H2,35,36,46)/t28-/m0/s1. The second kappa shape index (κ2) is 23.9. The maximum atomic E-state index is 12.6. The minimum absolute atomic E-state index is 0.0651. The van der Waals surface area contributed by atoms with E-state index in [2.05, 4.69) is 26.3 Å². The van der Waals surface area contributed by atoms with Gasteiger partial charge in [0.1, 0.15) is 6.04 Å². The van der Waals surface area contributed by atoms with Gasteiger partial charge in [0.15, 0.2) is 5.78 Å². The molecule has 1 aromatic heterocycles. The predicted molar refractivity (Wildman–Crippen MR) is 176 cm³/mol. The van der Waals surface area contributed by atoms with Gasteiger partial charge in [0.25, 0.3) is 5.91 Å². The fourth-order valence-electron chi connectivity index (χ4n) is 4.75. The van der Waals surface area contributed by atoms with E-state index in [-0.39, 0.29) is 37.5 Å². The van der Waals surface area contributed by atoms with Crippen LogP contribution in [0.4, 0.5) is 4.79 Å². The van der Waals surface area contributed by atoms with Crippen LogP contribution in [0.25, 0.3) is 0 Å². The Hall–Kier alpha value is -4.37. The lowest BCUT2D eigenvalue weighted by Gasteiger charge is -2.15. The minimum atomic E-state index is -1.13. The second-order valence-electron chi connectivity index (χ2n) is 11.4. The van der Waals surface area contributed by atoms with Crippen LogP contribution in [0.2, 0.25) is 0 Å². The maximum absolute atomic E-state index is 12.6. The third kappa shape index (κ3) is 17.5. The summed E-state index contributed by atoms with van der Waals surface area (Å²) in [6.45, 7) is 2.51. The molecule has 2 aromatic rings. The third-order valence-electron chi connectivity index (χ3n) is 7.44. The highest BCUT2D eigenvalue weighted by Gasteiger charge is 2.19. The lowest BCUT2D eigenvalue weighted by Crippen LogP contribution is -2.46. The highest BCUT2D eigenvalue weighted by atomic mass is 16.5. The van der Waals surface area contributed by atoms with Crippen molar-refractivity contribution >= 4 is 29.7 Å². The van der Waals surface area contributed by atoms with Crippen LogP contribution in [-0.2, 0) is 32.0 Å². The molecule has 266 valence electrons. The predicted octanol–water partition coefficient (Wildman–Crippen LogP) is 3.22. The smallest absolute Gasteiger partial charge is 0.326 e. The lowest BCUT2D eigenvalue weighted by atomic mass is 10.0. The van der Waals surface area contributed by atoms with Gasteiger partial charge in [-0.3, -0.25) is 19.1 Å². The number of ketones is 1. The molecule has 0 aliphatic carbocycles. The van der Waals surface area contributed by atoms with Crippen molar-refractivity contribution in [3.63, 3.8) is 0 Å². The van der Waals surface area contributed by atoms with Crippen molar-refractivity contribution < 1.29 is 43.7 Å². The first-order valence-electron chi connectivity index (χ1n) is 16.6. The van der Waals surface area contributed by atoms with E-state index in [1.165, 1.54) is 0 Å². The highest BCUT2D eigenvalue weighted by Crippen LogP contribution is 2.13. The van der Waals surface area contributed by atoms with Crippen molar-refractivity contribution in [3.05, 3.63) is 47.3 Å². The topological polar surface area (TPSA) is 211 Å². The Balaban J connectivity index is 1.53. The summed E-state index contributed by atoms with van der Waals surface area (Å²) in [4.78, 5) is 58.7. The van der Waals surface area contributed by atoms with E-state index in [9.17, 15) is 29.1 Å². The first-order valence-corrected chi connectivity index (χ1v) is 16.6. The number of Topliss-reactive ketones (excluding diaryl/α,β-unsaturated/α-hetero) is 1. The summed E-state index contributed by atoms with van der Waals surface area (Å²) in [5.74, 6) is -2.23. The molecule has 15 nitrogen and oxygen atoms in total. The quantitative estimate of drug-likeness (QED) is 0.0686. The van der Waals surface area contributed by atoms with Crippen LogP contribution in [0.3, 0.4) is 0 Å². The van der Waals surface area contributed by atoms with Gasteiger partial charge >= 0.3 is 18.0 Å². The van der Waals surface area contributed by atoms with Gasteiger partial charge in [-0.15, -0.1) is 5.10 Å². The Bertz CT molecular complexity index is 1270. The van der Waals surface area contributed by atoms with Crippen LogP contribution in [-0.4, -0.2) is 101 Å². The number of aromatic nitrogens is 3. The number of hydrogen-bond acceptors (Lipinski definition) is 9. The molecule has 0 bridgehead atoms. The molecule has 0 radical (unpaired) electrons. The number of carboxylic acid groups (broad SMARTS) is 2. The summed E-state index contributed by atoms with van der Waals surface area (Å²) >= 11 is 0. The number of nitrogens with one attached hydrogen (secondary N) is 3. The van der Waals surface area contributed by atoms with Crippen molar-refractivity contribution in [1.82, 2.24) is 30.9 Å². The fraction of sp³-hybridized carbons (Fsp3) is 0.606. The zero-order chi connectivity index (χ0) is 35.0. The van der Waals surface area contributed by atoms with E-state index in [1.54, 1.807) is 36.1 Å². The number of rotatable bonds is 27. The van der Waals surface area contributed by atoms with Crippen molar-refractivity contribution in [3.8, 4) is 0 Å². The molecule has 48 heavy (non-hydrogen) atoms. The number of carbonyl (C=O) groups excluding carboxylic acids is 3. The Morgan fingerprint density at radius 3 is 2.27 bits per heavy atom. The van der Waals surface area contributed by atoms with Crippen LogP contribution in [0.1, 0.15) is 97.0 Å². The molecule has 0 saturated carbocycles. The van der Waals surface area contributed by atoms with Crippen molar-refractivity contribution in [2.45, 2.75) is 89.6 Å². The fourth-order valence-corrected chi connectivity index (χ4v) is 4.75. The number of unbranched alkanes of at least 4 members (excludes halogenated alkanes) is 5. The van der Waals surface area contributed by atoms with Gasteiger partial charge in [0, 0.05) is 56.9 Å². The van der Waals surface area contributed by atoms with E-state index in [1.807, 2.05) is 6.20 Å². The van der Waals surface area contributed by atoms with Gasteiger partial charge < -0.3 is 35.6 Å². The lowest BCUT2D eigenvalue weighted by molar-refractivity contribution is -0.139. The molecule has 2 rings (SSSR count). The Kier molecular flexibility index (Phi) is 19.8. The SMILES string of the molecule is COCCOCCNC(=O)c1ccc(C(=O)CCCCCCCc2cn(CCCC[C@H](NC(=O)NCCCC(=O)O)C(=O)O)nn2)cc1. The minimum Gasteiger partial charge on any atom is -0.481 e. The maximum Gasteiger partial charge on any atom is 0.326 e. The molecule has 0 aliphatic rings. The molecule has 0 saturated heterocycles. The molecule has 1 atom stereocenters. The van der Waals surface area contributed by atoms with Crippen molar-refractivity contribution in [2.75, 3.05) is 40.0 Å². The van der Waals surface area contributed by atoms with E-state index < -0.39 is 24.0 Å². The molecule has 5 N–H and O–H groups in total. The zero-order valence-electron chi connectivity index (χ0n) is 27.8. The van der Waals surface area contributed by atoms with Crippen LogP contribution in [0.15, 0.2) is 30.5 Å². The number of nitrogens with zero attached hydrogens (tertiary/aromatic N) is 3. The normalized spacial score (nSPS) is 11.5. The number of hydrogen-bond donors (Lipinski definition) is 5. The van der Waals surface area contributed by atoms with E-state index in [0.29, 0.717) is 63.3 Å². The number of amides is 3. The number of ether oxygens (including phenoxy) is 2. The second-order valence-corrected chi connectivity index (χ2v) is 11.4. The molecule has 0 spiro atoms. The number of aryl methyl sites for hydroxylation is 2. The monoisotopic (exact) mass is 674 g/mol. The number of carbonyl (C=O) groups is 5. The van der Waals surface area contributed by atoms with E-state index in [0.717, 1.165) is 44.2 Å². The average Bonchev–Trinajstić information content (AvgIpc) is 3.52. The van der Waals surface area contributed by atoms with Crippen molar-refractivity contribution in [2.24, 2.45) is 0 Å². The van der Waals surface area contributed by atoms with Crippen LogP contribution < -0.4 is 16.0 Å². The number of urea groups is 1. The first kappa shape index (κ1) is 39.8. The van der Waals surface area contributed by atoms with E-state index in [4.69, 9.17) is 14.6 Å². The summed E-state index contributed by atoms with van der Waals surface area (Å²) < 4.78 is 12.0. The highest BCUT2D eigenvalue weighted by molar-refractivity contribution is 5.98. The number of methoxy groups -OCH3 is 1. The molecule has 1 aromatic carbocycles. The van der Waals surface area contributed by atoms with Crippen LogP contribution in [0, 0.1) is 0 Å². The molecule has 0 fully saturated rings. The van der Waals surface area contributed by atoms with Crippen molar-refractivity contribution in [1.29, 1.82) is 0 Å². The van der Waals surface area contributed by atoms with E-state index >= 15 is 0 Å². The van der Waals surface area contributed by atoms with Gasteiger partial charge in [0.05, 0.1) is 25.5 Å². The molecule has 15 heteroatoms. The Morgan fingerprint density at radius 2 is 1.54 bits per heavy atom. The van der Waals surface area contributed by atoms with Gasteiger partial charge in [-0.05, 0) is 57.1 Å². The zero-order valence-corrected chi connectivity index (χ0v) is 27.8. The molecular weight excluding hydrogens is 624 g/mol. The number of aliphatic carboxylic acids is 2. The largest absolute Gasteiger partial charge is 0.481 e. The Morgan fingerprint density at radius 1 is 0.812 bits per heavy atom. The number of benzene rings is 1. The summed E-state index contributed by atoms with van der Waals surface area (Å²) in [5, 5.41) is 34.1. The molecular formula is C33H50N6O9. The average molecular weight is 675 g/mol. The number of carboxylic acids is 2. The van der Waals surface area contributed by atoms with Crippen LogP contribution in [0.5, 0.6) is 0 Å². The molecule has 0 aliphatic heterocycles. The summed E-state index contributed by atoms with van der Waals surface area (Å²) in [7, 11) is 1.60. The van der Waals surface area contributed by atoms with Crippen LogP contribution >= 0.6 is 0 Å². The van der Waals surface area contributed by atoms with Gasteiger partial charge in [-0.1, -0.05) is 36.6 Å². The third-order valence-corrected chi connectivity index (χ3v) is 7.44. The summed E-state index contributed by atoms with van der Waals surface area (Å²) in [5.41, 5.74) is 1.99. The van der Waals surface area contributed by atoms with Gasteiger partial charge in [-0.2, -0.15) is 0 Å².